The molecule has 1 unspecified atom stereocenters. The van der Waals surface area contributed by atoms with E-state index in [-0.39, 0.29) is 17.7 Å². The average molecular weight is 365 g/mol. The maximum atomic E-state index is 12.9. The van der Waals surface area contributed by atoms with Gasteiger partial charge in [0.05, 0.1) is 0 Å². The molecule has 3 N–H and O–H groups in total. The van der Waals surface area contributed by atoms with Crippen LogP contribution >= 0.6 is 0 Å². The van der Waals surface area contributed by atoms with E-state index in [1.165, 1.54) is 0 Å². The second kappa shape index (κ2) is 8.35. The molecule has 0 bridgehead atoms. The highest BCUT2D eigenvalue weighted by Crippen LogP contribution is 2.24. The Kier molecular flexibility index (Phi) is 5.91. The lowest BCUT2D eigenvalue weighted by Gasteiger charge is -2.36. The number of carbonyl (C=O) groups is 2. The van der Waals surface area contributed by atoms with Gasteiger partial charge in [-0.3, -0.25) is 9.59 Å². The van der Waals surface area contributed by atoms with Crippen LogP contribution in [0.2, 0.25) is 0 Å². The van der Waals surface area contributed by atoms with Gasteiger partial charge in [0, 0.05) is 25.6 Å². The molecule has 27 heavy (non-hydrogen) atoms. The largest absolute Gasteiger partial charge is 0.352 e. The molecule has 2 aromatic rings. The third kappa shape index (κ3) is 4.55. The van der Waals surface area contributed by atoms with Gasteiger partial charge in [0.1, 0.15) is 5.54 Å². The molecule has 0 spiro atoms. The van der Waals surface area contributed by atoms with Crippen LogP contribution in [-0.2, 0) is 21.7 Å². The number of nitrogens with one attached hydrogen (secondary N) is 1. The van der Waals surface area contributed by atoms with E-state index in [0.29, 0.717) is 32.5 Å². The fraction of sp³-hybridized carbons (Fsp3) is 0.364. The summed E-state index contributed by atoms with van der Waals surface area (Å²) < 4.78 is 0. The zero-order valence-corrected chi connectivity index (χ0v) is 15.7. The highest BCUT2D eigenvalue weighted by molar-refractivity contribution is 5.87. The second-order valence-electron chi connectivity index (χ2n) is 7.34. The van der Waals surface area contributed by atoms with Crippen LogP contribution in [0.3, 0.4) is 0 Å². The molecule has 0 aliphatic carbocycles. The van der Waals surface area contributed by atoms with E-state index in [4.69, 9.17) is 5.73 Å². The van der Waals surface area contributed by atoms with Gasteiger partial charge in [-0.1, -0.05) is 60.7 Å². The third-order valence-corrected chi connectivity index (χ3v) is 5.28. The lowest BCUT2D eigenvalue weighted by Crippen LogP contribution is -2.53. The van der Waals surface area contributed by atoms with Gasteiger partial charge in [-0.25, -0.2) is 0 Å². The number of nitrogens with two attached hydrogens (primary N) is 1. The first-order valence-electron chi connectivity index (χ1n) is 9.44. The molecule has 1 heterocycles. The van der Waals surface area contributed by atoms with Crippen LogP contribution in [0.15, 0.2) is 60.7 Å². The lowest BCUT2D eigenvalue weighted by atomic mass is 9.89. The van der Waals surface area contributed by atoms with E-state index in [2.05, 4.69) is 5.32 Å². The Morgan fingerprint density at radius 1 is 1.04 bits per heavy atom. The van der Waals surface area contributed by atoms with Crippen LogP contribution < -0.4 is 11.1 Å². The van der Waals surface area contributed by atoms with Crippen molar-refractivity contribution in [1.82, 2.24) is 10.2 Å². The van der Waals surface area contributed by atoms with Crippen LogP contribution in [0.1, 0.15) is 30.9 Å². The van der Waals surface area contributed by atoms with Gasteiger partial charge in [-0.2, -0.15) is 0 Å². The fourth-order valence-corrected chi connectivity index (χ4v) is 3.51. The molecule has 0 saturated carbocycles. The van der Waals surface area contributed by atoms with E-state index in [1.807, 2.05) is 60.7 Å². The number of piperidine rings is 1. The Morgan fingerprint density at radius 2 is 1.59 bits per heavy atom. The maximum absolute atomic E-state index is 12.9. The van der Waals surface area contributed by atoms with Crippen molar-refractivity contribution in [1.29, 1.82) is 0 Å². The van der Waals surface area contributed by atoms with Gasteiger partial charge in [-0.05, 0) is 30.9 Å². The van der Waals surface area contributed by atoms with Crippen molar-refractivity contribution in [2.45, 2.75) is 31.8 Å². The molecular formula is C22H27N3O2. The molecule has 0 radical (unpaired) electrons. The molecule has 1 saturated heterocycles. The van der Waals surface area contributed by atoms with Crippen molar-refractivity contribution in [3.63, 3.8) is 0 Å². The van der Waals surface area contributed by atoms with Crippen molar-refractivity contribution >= 4 is 11.8 Å². The van der Waals surface area contributed by atoms with Crippen LogP contribution in [0.4, 0.5) is 0 Å². The summed E-state index contributed by atoms with van der Waals surface area (Å²) in [5.41, 5.74) is 7.18. The van der Waals surface area contributed by atoms with Gasteiger partial charge in [0.15, 0.2) is 0 Å². The summed E-state index contributed by atoms with van der Waals surface area (Å²) in [6, 6.07) is 19.3. The minimum atomic E-state index is -1.05. The quantitative estimate of drug-likeness (QED) is 0.854. The van der Waals surface area contributed by atoms with Gasteiger partial charge < -0.3 is 16.0 Å². The SMILES string of the molecule is CC(N)(C(=O)N1CCC(C(=O)NCc2ccccc2)CC1)c1ccccc1. The topological polar surface area (TPSA) is 75.4 Å². The number of nitrogens with zero attached hydrogens (tertiary/aromatic N) is 1. The number of amides is 2. The number of rotatable bonds is 5. The van der Waals surface area contributed by atoms with Crippen LogP contribution in [0.25, 0.3) is 0 Å². The molecule has 5 heteroatoms. The van der Waals surface area contributed by atoms with E-state index in [1.54, 1.807) is 11.8 Å². The summed E-state index contributed by atoms with van der Waals surface area (Å²) in [4.78, 5) is 27.1. The molecule has 1 aliphatic rings. The van der Waals surface area contributed by atoms with Gasteiger partial charge >= 0.3 is 0 Å². The predicted octanol–water partition coefficient (Wildman–Crippen LogP) is 2.42. The van der Waals surface area contributed by atoms with Crippen molar-refractivity contribution in [2.75, 3.05) is 13.1 Å². The van der Waals surface area contributed by atoms with Crippen LogP contribution in [0, 0.1) is 5.92 Å². The first kappa shape index (κ1) is 19.1. The van der Waals surface area contributed by atoms with Gasteiger partial charge in [0.2, 0.25) is 11.8 Å². The molecule has 1 fully saturated rings. The monoisotopic (exact) mass is 365 g/mol. The maximum Gasteiger partial charge on any atom is 0.246 e. The molecular weight excluding hydrogens is 338 g/mol. The van der Waals surface area contributed by atoms with E-state index < -0.39 is 5.54 Å². The number of hydrogen-bond acceptors (Lipinski definition) is 3. The smallest absolute Gasteiger partial charge is 0.246 e. The Hall–Kier alpha value is -2.66. The molecule has 1 aliphatic heterocycles. The molecule has 1 atom stereocenters. The minimum absolute atomic E-state index is 0.0569. The third-order valence-electron chi connectivity index (χ3n) is 5.28. The molecule has 2 aromatic carbocycles. The summed E-state index contributed by atoms with van der Waals surface area (Å²) >= 11 is 0. The summed E-state index contributed by atoms with van der Waals surface area (Å²) in [5.74, 6) is -0.0834. The molecule has 0 aromatic heterocycles. The molecule has 142 valence electrons. The Morgan fingerprint density at radius 3 is 2.19 bits per heavy atom. The van der Waals surface area contributed by atoms with Crippen LogP contribution in [0.5, 0.6) is 0 Å². The zero-order chi connectivity index (χ0) is 19.3. The molecule has 5 nitrogen and oxygen atoms in total. The summed E-state index contributed by atoms with van der Waals surface area (Å²) in [7, 11) is 0. The number of benzene rings is 2. The standard InChI is InChI=1S/C22H27N3O2/c1-22(23,19-10-6-3-7-11-19)21(27)25-14-12-18(13-15-25)20(26)24-16-17-8-4-2-5-9-17/h2-11,18H,12-16,23H2,1H3,(H,24,26). The van der Waals surface area contributed by atoms with Crippen molar-refractivity contribution < 1.29 is 9.59 Å². The number of carbonyl (C=O) groups excluding carboxylic acids is 2. The van der Waals surface area contributed by atoms with Crippen molar-refractivity contribution in [3.8, 4) is 0 Å². The number of likely N-dealkylation sites (tertiary alicyclic amines) is 1. The van der Waals surface area contributed by atoms with E-state index in [0.717, 1.165) is 11.1 Å². The van der Waals surface area contributed by atoms with Gasteiger partial charge in [-0.15, -0.1) is 0 Å². The predicted molar refractivity (Wildman–Crippen MR) is 106 cm³/mol. The fourth-order valence-electron chi connectivity index (χ4n) is 3.51. The summed E-state index contributed by atoms with van der Waals surface area (Å²) in [5, 5.41) is 3.00. The van der Waals surface area contributed by atoms with Gasteiger partial charge in [0.25, 0.3) is 0 Å². The average Bonchev–Trinajstić information content (AvgIpc) is 2.73. The second-order valence-corrected chi connectivity index (χ2v) is 7.34. The van der Waals surface area contributed by atoms with Crippen molar-refractivity contribution in [2.24, 2.45) is 11.7 Å². The summed E-state index contributed by atoms with van der Waals surface area (Å²) in [6.45, 7) is 3.40. The van der Waals surface area contributed by atoms with E-state index >= 15 is 0 Å². The Labute approximate surface area is 160 Å². The molecule has 2 amide bonds. The number of hydrogen-bond donors (Lipinski definition) is 2. The Bertz CT molecular complexity index is 767. The van der Waals surface area contributed by atoms with E-state index in [9.17, 15) is 9.59 Å². The van der Waals surface area contributed by atoms with Crippen molar-refractivity contribution in [3.05, 3.63) is 71.8 Å². The normalized spacial score (nSPS) is 17.2. The zero-order valence-electron chi connectivity index (χ0n) is 15.7. The Balaban J connectivity index is 1.52. The lowest BCUT2D eigenvalue weighted by molar-refractivity contribution is -0.140. The first-order chi connectivity index (χ1) is 13.0. The first-order valence-corrected chi connectivity index (χ1v) is 9.44. The highest BCUT2D eigenvalue weighted by Gasteiger charge is 2.36. The molecule has 3 rings (SSSR count). The highest BCUT2D eigenvalue weighted by atomic mass is 16.2. The minimum Gasteiger partial charge on any atom is -0.352 e. The summed E-state index contributed by atoms with van der Waals surface area (Å²) in [6.07, 6.45) is 1.33. The van der Waals surface area contributed by atoms with Crippen LogP contribution in [-0.4, -0.2) is 29.8 Å².